The van der Waals surface area contributed by atoms with Crippen molar-refractivity contribution in [3.05, 3.63) is 122 Å². The van der Waals surface area contributed by atoms with Crippen LogP contribution in [0.4, 0.5) is 0 Å². The molecule has 0 aliphatic rings. The second kappa shape index (κ2) is 54.4. The second-order valence-electron chi connectivity index (χ2n) is 17.4. The van der Waals surface area contributed by atoms with E-state index in [4.69, 9.17) is 14.2 Å². The van der Waals surface area contributed by atoms with E-state index in [0.29, 0.717) is 19.3 Å². The summed E-state index contributed by atoms with van der Waals surface area (Å²) in [6.07, 6.45) is 74.7. The second-order valence-corrected chi connectivity index (χ2v) is 17.4. The van der Waals surface area contributed by atoms with Crippen LogP contribution in [0.15, 0.2) is 122 Å². The fourth-order valence-electron chi connectivity index (χ4n) is 6.97. The zero-order valence-corrected chi connectivity index (χ0v) is 43.1. The quantitative estimate of drug-likeness (QED) is 0.0262. The fourth-order valence-corrected chi connectivity index (χ4v) is 6.97. The zero-order chi connectivity index (χ0) is 48.6. The van der Waals surface area contributed by atoms with Gasteiger partial charge < -0.3 is 14.2 Å². The molecule has 0 radical (unpaired) electrons. The van der Waals surface area contributed by atoms with Crippen LogP contribution in [0.5, 0.6) is 0 Å². The Labute approximate surface area is 412 Å². The topological polar surface area (TPSA) is 78.9 Å². The lowest BCUT2D eigenvalue weighted by molar-refractivity contribution is -0.167. The molecule has 0 N–H and O–H groups in total. The van der Waals surface area contributed by atoms with Gasteiger partial charge in [0, 0.05) is 19.3 Å². The number of carbonyl (C=O) groups is 3. The van der Waals surface area contributed by atoms with Crippen molar-refractivity contribution in [1.82, 2.24) is 0 Å². The van der Waals surface area contributed by atoms with Crippen molar-refractivity contribution in [2.24, 2.45) is 0 Å². The van der Waals surface area contributed by atoms with Crippen LogP contribution in [-0.4, -0.2) is 37.2 Å². The molecule has 0 bridgehead atoms. The summed E-state index contributed by atoms with van der Waals surface area (Å²) in [7, 11) is 0. The fraction of sp³-hybridized carbons (Fsp3) is 0.623. The van der Waals surface area contributed by atoms with E-state index in [2.05, 4.69) is 142 Å². The molecule has 6 nitrogen and oxygen atoms in total. The summed E-state index contributed by atoms with van der Waals surface area (Å²) in [6, 6.07) is 0. The van der Waals surface area contributed by atoms with Gasteiger partial charge in [0.25, 0.3) is 0 Å². The highest BCUT2D eigenvalue weighted by Crippen LogP contribution is 2.14. The lowest BCUT2D eigenvalue weighted by atomic mass is 10.0. The number of unbranched alkanes of at least 4 members (excludes halogenated alkanes) is 16. The first-order valence-electron chi connectivity index (χ1n) is 27.0. The molecule has 6 heteroatoms. The molecule has 0 aromatic rings. The third-order valence-electron chi connectivity index (χ3n) is 11.0. The summed E-state index contributed by atoms with van der Waals surface area (Å²) < 4.78 is 16.7. The first-order chi connectivity index (χ1) is 33.0. The molecule has 0 fully saturated rings. The van der Waals surface area contributed by atoms with Gasteiger partial charge in [-0.15, -0.1) is 0 Å². The summed E-state index contributed by atoms with van der Waals surface area (Å²) in [4.78, 5) is 38.0. The Kier molecular flexibility index (Phi) is 51.0. The monoisotopic (exact) mass is 927 g/mol. The van der Waals surface area contributed by atoms with Crippen LogP contribution in [0.2, 0.25) is 0 Å². The molecule has 0 saturated heterocycles. The molecule has 0 unspecified atom stereocenters. The van der Waals surface area contributed by atoms with Gasteiger partial charge in [-0.1, -0.05) is 226 Å². The molecular weight excluding hydrogens is 829 g/mol. The Morgan fingerprint density at radius 2 is 0.597 bits per heavy atom. The van der Waals surface area contributed by atoms with Crippen LogP contribution >= 0.6 is 0 Å². The highest BCUT2D eigenvalue weighted by molar-refractivity contribution is 5.71. The summed E-state index contributed by atoms with van der Waals surface area (Å²) in [5.74, 6) is -1.01. The van der Waals surface area contributed by atoms with Crippen molar-refractivity contribution >= 4 is 17.9 Å². The predicted molar refractivity (Wildman–Crippen MR) is 288 cm³/mol. The van der Waals surface area contributed by atoms with Gasteiger partial charge in [0.2, 0.25) is 0 Å². The van der Waals surface area contributed by atoms with Crippen molar-refractivity contribution in [2.75, 3.05) is 13.2 Å². The van der Waals surface area contributed by atoms with E-state index < -0.39 is 6.10 Å². The minimum atomic E-state index is -0.823. The molecule has 1 atom stereocenters. The summed E-state index contributed by atoms with van der Waals surface area (Å²) in [6.45, 7) is 6.32. The third-order valence-corrected chi connectivity index (χ3v) is 11.0. The van der Waals surface area contributed by atoms with Crippen molar-refractivity contribution in [1.29, 1.82) is 0 Å². The molecule has 0 aromatic heterocycles. The SMILES string of the molecule is CC/C=C\C/C=C\C/C=C\C/C=C\C/C=C\CCCCCC(=O)OC[C@@H](COC(=O)CCCCCCCCCCCCCCC)OC(=O)CCC/C=C\C/C=C\C/C=C\C/C=C\C/C=C\CC. The Morgan fingerprint density at radius 1 is 0.313 bits per heavy atom. The first-order valence-corrected chi connectivity index (χ1v) is 27.0. The number of ether oxygens (including phenoxy) is 3. The van der Waals surface area contributed by atoms with Crippen LogP contribution in [0.25, 0.3) is 0 Å². The van der Waals surface area contributed by atoms with E-state index in [1.165, 1.54) is 64.2 Å². The summed E-state index contributed by atoms with van der Waals surface area (Å²) in [5.41, 5.74) is 0. The average Bonchev–Trinajstić information content (AvgIpc) is 3.33. The summed E-state index contributed by atoms with van der Waals surface area (Å²) >= 11 is 0. The average molecular weight is 927 g/mol. The Bertz CT molecular complexity index is 1440. The maximum atomic E-state index is 12.8. The molecule has 0 spiro atoms. The molecule has 378 valence electrons. The number of hydrogen-bond donors (Lipinski definition) is 0. The maximum absolute atomic E-state index is 12.8. The first kappa shape index (κ1) is 62.8. The van der Waals surface area contributed by atoms with E-state index in [9.17, 15) is 14.4 Å². The van der Waals surface area contributed by atoms with Gasteiger partial charge in [-0.25, -0.2) is 0 Å². The van der Waals surface area contributed by atoms with Gasteiger partial charge >= 0.3 is 17.9 Å². The van der Waals surface area contributed by atoms with Crippen molar-refractivity contribution in [3.8, 4) is 0 Å². The minimum absolute atomic E-state index is 0.113. The number of hydrogen-bond acceptors (Lipinski definition) is 6. The van der Waals surface area contributed by atoms with Crippen LogP contribution in [0.1, 0.15) is 226 Å². The molecule has 0 aliphatic heterocycles. The minimum Gasteiger partial charge on any atom is -0.462 e. The van der Waals surface area contributed by atoms with Gasteiger partial charge in [-0.3, -0.25) is 14.4 Å². The van der Waals surface area contributed by atoms with Gasteiger partial charge in [0.15, 0.2) is 6.10 Å². The van der Waals surface area contributed by atoms with Crippen LogP contribution in [0.3, 0.4) is 0 Å². The molecule has 0 aromatic carbocycles. The third kappa shape index (κ3) is 52.6. The van der Waals surface area contributed by atoms with Crippen LogP contribution < -0.4 is 0 Å². The normalized spacial score (nSPS) is 13.1. The number of esters is 3. The van der Waals surface area contributed by atoms with Crippen LogP contribution in [-0.2, 0) is 28.6 Å². The van der Waals surface area contributed by atoms with Gasteiger partial charge in [-0.2, -0.15) is 0 Å². The standard InChI is InChI=1S/C61H98O6/c1-4-7-10-13-16-19-22-25-27-29-30-32-33-36-39-42-45-48-51-54-60(63)66-57-58(56-65-59(62)53-50-47-44-41-38-35-24-21-18-15-12-9-6-3)67-61(64)55-52-49-46-43-40-37-34-31-28-26-23-20-17-14-11-8-5-2/h7-8,10-11,16-17,19-20,25-28,30,32,34,36-37,39,43,46,58H,4-6,9,12-15,18,21-24,29,31,33,35,38,40-42,44-45,47-57H2,1-3H3/b10-7-,11-8-,19-16-,20-17-,27-25-,28-26-,32-30-,37-34-,39-36-,46-43-/t58-/m1/s1. The van der Waals surface area contributed by atoms with Crippen molar-refractivity contribution in [2.45, 2.75) is 232 Å². The molecule has 0 amide bonds. The lowest BCUT2D eigenvalue weighted by Gasteiger charge is -2.18. The van der Waals surface area contributed by atoms with Gasteiger partial charge in [0.05, 0.1) is 0 Å². The molecular formula is C61H98O6. The highest BCUT2D eigenvalue weighted by Gasteiger charge is 2.19. The molecule has 0 saturated carbocycles. The van der Waals surface area contributed by atoms with Gasteiger partial charge in [0.1, 0.15) is 13.2 Å². The number of rotatable bonds is 47. The van der Waals surface area contributed by atoms with Crippen LogP contribution in [0, 0.1) is 0 Å². The van der Waals surface area contributed by atoms with Gasteiger partial charge in [-0.05, 0) is 103 Å². The number of allylic oxidation sites excluding steroid dienone is 20. The van der Waals surface area contributed by atoms with E-state index in [0.717, 1.165) is 116 Å². The molecule has 0 aliphatic carbocycles. The Hall–Kier alpha value is -4.19. The van der Waals surface area contributed by atoms with E-state index in [-0.39, 0.29) is 37.5 Å². The highest BCUT2D eigenvalue weighted by atomic mass is 16.6. The number of carbonyl (C=O) groups excluding carboxylic acids is 3. The van der Waals surface area contributed by atoms with Crippen molar-refractivity contribution in [3.63, 3.8) is 0 Å². The van der Waals surface area contributed by atoms with Crippen molar-refractivity contribution < 1.29 is 28.6 Å². The maximum Gasteiger partial charge on any atom is 0.306 e. The zero-order valence-electron chi connectivity index (χ0n) is 43.1. The molecule has 0 rings (SSSR count). The van der Waals surface area contributed by atoms with E-state index >= 15 is 0 Å². The Balaban J connectivity index is 4.55. The Morgan fingerprint density at radius 3 is 0.955 bits per heavy atom. The van der Waals surface area contributed by atoms with E-state index in [1.807, 2.05) is 0 Å². The van der Waals surface area contributed by atoms with E-state index in [1.54, 1.807) is 0 Å². The smallest absolute Gasteiger partial charge is 0.306 e. The molecule has 67 heavy (non-hydrogen) atoms. The summed E-state index contributed by atoms with van der Waals surface area (Å²) in [5, 5.41) is 0. The lowest BCUT2D eigenvalue weighted by Crippen LogP contribution is -2.30. The molecule has 0 heterocycles. The largest absolute Gasteiger partial charge is 0.462 e. The predicted octanol–water partition coefficient (Wildman–Crippen LogP) is 18.1.